The maximum Gasteiger partial charge on any atom is 0.0874 e. The van der Waals surface area contributed by atoms with Crippen molar-refractivity contribution in [2.45, 2.75) is 110 Å². The molecule has 0 bridgehead atoms. The molecule has 128 valence electrons. The molecule has 0 saturated carbocycles. The summed E-state index contributed by atoms with van der Waals surface area (Å²) in [7, 11) is 0. The van der Waals surface area contributed by atoms with E-state index >= 15 is 0 Å². The first-order chi connectivity index (χ1) is 9.88. The van der Waals surface area contributed by atoms with Gasteiger partial charge in [-0.2, -0.15) is 0 Å². The van der Waals surface area contributed by atoms with Crippen LogP contribution in [0.5, 0.6) is 0 Å². The van der Waals surface area contributed by atoms with Crippen molar-refractivity contribution in [3.05, 3.63) is 0 Å². The van der Waals surface area contributed by atoms with Crippen LogP contribution in [-0.4, -0.2) is 19.1 Å². The molecule has 0 aromatic rings. The fourth-order valence-electron chi connectivity index (χ4n) is 3.84. The van der Waals surface area contributed by atoms with E-state index in [-0.39, 0.29) is 12.4 Å². The van der Waals surface area contributed by atoms with Gasteiger partial charge in [0.25, 0.3) is 0 Å². The van der Waals surface area contributed by atoms with Crippen LogP contribution in [0.25, 0.3) is 0 Å². The van der Waals surface area contributed by atoms with Crippen molar-refractivity contribution in [3.63, 3.8) is 0 Å². The van der Waals surface area contributed by atoms with Crippen molar-refractivity contribution in [1.29, 1.82) is 0 Å². The quantitative estimate of drug-likeness (QED) is 0.523. The lowest BCUT2D eigenvalue weighted by Gasteiger charge is -2.32. The van der Waals surface area contributed by atoms with E-state index in [4.69, 9.17) is 0 Å². The second-order valence-electron chi connectivity index (χ2n) is 6.97. The first-order valence-electron chi connectivity index (χ1n) is 9.73. The fourth-order valence-corrected chi connectivity index (χ4v) is 3.84. The highest BCUT2D eigenvalue weighted by molar-refractivity contribution is 4.61. The van der Waals surface area contributed by atoms with E-state index in [0.29, 0.717) is 0 Å². The number of unbranched alkanes of at least 4 members (excludes halogenated alkanes) is 8. The molecule has 0 spiro atoms. The van der Waals surface area contributed by atoms with Crippen molar-refractivity contribution < 1.29 is 17.3 Å². The molecule has 0 radical (unpaired) electrons. The van der Waals surface area contributed by atoms with Crippen LogP contribution >= 0.6 is 0 Å². The Labute approximate surface area is 140 Å². The second-order valence-corrected chi connectivity index (χ2v) is 6.97. The number of likely N-dealkylation sites (tertiary alicyclic amines) is 1. The summed E-state index contributed by atoms with van der Waals surface area (Å²) < 4.78 is 0. The molecule has 1 aliphatic heterocycles. The van der Waals surface area contributed by atoms with E-state index in [9.17, 15) is 0 Å². The second kappa shape index (κ2) is 15.2. The molecule has 1 saturated heterocycles. The van der Waals surface area contributed by atoms with Crippen LogP contribution in [0.15, 0.2) is 0 Å². The molecule has 21 heavy (non-hydrogen) atoms. The van der Waals surface area contributed by atoms with Crippen LogP contribution < -0.4 is 17.3 Å². The monoisotopic (exact) mass is 317 g/mol. The van der Waals surface area contributed by atoms with Gasteiger partial charge in [0.2, 0.25) is 0 Å². The summed E-state index contributed by atoms with van der Waals surface area (Å²) in [5.74, 6) is 0. The molecular weight excluding hydrogens is 278 g/mol. The summed E-state index contributed by atoms with van der Waals surface area (Å²) in [4.78, 5) is 1.95. The summed E-state index contributed by atoms with van der Waals surface area (Å²) in [6.45, 7) is 7.57. The molecule has 1 heterocycles. The van der Waals surface area contributed by atoms with Crippen molar-refractivity contribution in [1.82, 2.24) is 0 Å². The van der Waals surface area contributed by atoms with Gasteiger partial charge in [-0.1, -0.05) is 65.2 Å². The summed E-state index contributed by atoms with van der Waals surface area (Å²) in [6.07, 6.45) is 20.5. The molecule has 0 amide bonds. The molecule has 0 aromatic heterocycles. The maximum absolute atomic E-state index is 2.35. The normalized spacial score (nSPS) is 22.0. The van der Waals surface area contributed by atoms with Gasteiger partial charge >= 0.3 is 0 Å². The Kier molecular flexibility index (Phi) is 15.3. The molecular formula is C19H40ClN. The zero-order valence-corrected chi connectivity index (χ0v) is 15.5. The van der Waals surface area contributed by atoms with Gasteiger partial charge in [-0.05, 0) is 38.5 Å². The van der Waals surface area contributed by atoms with E-state index in [2.05, 4.69) is 13.8 Å². The van der Waals surface area contributed by atoms with Gasteiger partial charge in [0.15, 0.2) is 0 Å². The minimum atomic E-state index is 0. The van der Waals surface area contributed by atoms with Gasteiger partial charge in [0.05, 0.1) is 19.1 Å². The SMILES string of the molecule is CCCCCCCCCCC[NH+]1CCCCC1CCC.[Cl-]. The van der Waals surface area contributed by atoms with Gasteiger partial charge in [0.1, 0.15) is 0 Å². The lowest BCUT2D eigenvalue weighted by atomic mass is 9.97. The maximum atomic E-state index is 2.35. The van der Waals surface area contributed by atoms with E-state index in [0.717, 1.165) is 6.04 Å². The zero-order chi connectivity index (χ0) is 14.5. The Morgan fingerprint density at radius 1 is 0.762 bits per heavy atom. The Morgan fingerprint density at radius 3 is 2.00 bits per heavy atom. The molecule has 1 fully saturated rings. The zero-order valence-electron chi connectivity index (χ0n) is 14.8. The number of hydrogen-bond acceptors (Lipinski definition) is 0. The number of halogens is 1. The summed E-state index contributed by atoms with van der Waals surface area (Å²) in [5.41, 5.74) is 0. The highest BCUT2D eigenvalue weighted by atomic mass is 35.5. The van der Waals surface area contributed by atoms with E-state index in [1.165, 1.54) is 103 Å². The minimum absolute atomic E-state index is 0. The highest BCUT2D eigenvalue weighted by Gasteiger charge is 2.24. The van der Waals surface area contributed by atoms with Gasteiger partial charge in [-0.25, -0.2) is 0 Å². The third-order valence-corrected chi connectivity index (χ3v) is 5.12. The lowest BCUT2D eigenvalue weighted by molar-refractivity contribution is -0.931. The number of piperidine rings is 1. The predicted molar refractivity (Wildman–Crippen MR) is 90.5 cm³/mol. The van der Waals surface area contributed by atoms with Gasteiger partial charge < -0.3 is 17.3 Å². The van der Waals surface area contributed by atoms with Crippen molar-refractivity contribution in [3.8, 4) is 0 Å². The largest absolute Gasteiger partial charge is 1.00 e. The Hall–Kier alpha value is 0.250. The number of rotatable bonds is 12. The number of hydrogen-bond donors (Lipinski definition) is 1. The molecule has 0 aromatic carbocycles. The van der Waals surface area contributed by atoms with Gasteiger partial charge in [-0.3, -0.25) is 0 Å². The first kappa shape index (κ1) is 21.2. The van der Waals surface area contributed by atoms with Crippen LogP contribution in [0.2, 0.25) is 0 Å². The molecule has 1 nitrogen and oxygen atoms in total. The van der Waals surface area contributed by atoms with Gasteiger partial charge in [0, 0.05) is 0 Å². The molecule has 0 aliphatic carbocycles. The third kappa shape index (κ3) is 10.6. The Morgan fingerprint density at radius 2 is 1.38 bits per heavy atom. The fraction of sp³-hybridized carbons (Fsp3) is 1.00. The third-order valence-electron chi connectivity index (χ3n) is 5.12. The molecule has 2 heteroatoms. The topological polar surface area (TPSA) is 4.44 Å². The van der Waals surface area contributed by atoms with Gasteiger partial charge in [-0.15, -0.1) is 0 Å². The average molecular weight is 318 g/mol. The average Bonchev–Trinajstić information content (AvgIpc) is 2.47. The van der Waals surface area contributed by atoms with Crippen molar-refractivity contribution in [2.24, 2.45) is 0 Å². The van der Waals surface area contributed by atoms with Crippen LogP contribution in [0, 0.1) is 0 Å². The highest BCUT2D eigenvalue weighted by Crippen LogP contribution is 2.10. The Bertz CT molecular complexity index is 206. The summed E-state index contributed by atoms with van der Waals surface area (Å²) >= 11 is 0. The van der Waals surface area contributed by atoms with Crippen LogP contribution in [0.1, 0.15) is 104 Å². The van der Waals surface area contributed by atoms with Crippen LogP contribution in [-0.2, 0) is 0 Å². The lowest BCUT2D eigenvalue weighted by Crippen LogP contribution is -3.16. The number of quaternary nitrogens is 1. The van der Waals surface area contributed by atoms with E-state index in [1.807, 2.05) is 4.90 Å². The van der Waals surface area contributed by atoms with E-state index in [1.54, 1.807) is 0 Å². The standard InChI is InChI=1S/C19H39N.ClH/c1-3-5-6-7-8-9-10-11-13-17-20-18-14-12-16-19(20)15-4-2;/h19H,3-18H2,1-2H3;1H. The molecule has 1 rings (SSSR count). The van der Waals surface area contributed by atoms with Crippen LogP contribution in [0.4, 0.5) is 0 Å². The molecule has 1 aliphatic rings. The van der Waals surface area contributed by atoms with Crippen molar-refractivity contribution in [2.75, 3.05) is 13.1 Å². The Balaban J connectivity index is 0.00000400. The van der Waals surface area contributed by atoms with Crippen LogP contribution in [0.3, 0.4) is 0 Å². The number of nitrogens with one attached hydrogen (secondary N) is 1. The molecule has 2 atom stereocenters. The molecule has 1 N–H and O–H groups in total. The van der Waals surface area contributed by atoms with Crippen molar-refractivity contribution >= 4 is 0 Å². The molecule has 2 unspecified atom stereocenters. The summed E-state index contributed by atoms with van der Waals surface area (Å²) in [6, 6.07) is 1.00. The summed E-state index contributed by atoms with van der Waals surface area (Å²) in [5, 5.41) is 0. The minimum Gasteiger partial charge on any atom is -1.00 e. The first-order valence-corrected chi connectivity index (χ1v) is 9.73. The predicted octanol–water partition coefficient (Wildman–Crippen LogP) is 1.76. The van der Waals surface area contributed by atoms with E-state index < -0.39 is 0 Å². The smallest absolute Gasteiger partial charge is 0.0874 e.